The lowest BCUT2D eigenvalue weighted by molar-refractivity contribution is 0.0956. The lowest BCUT2D eigenvalue weighted by Gasteiger charge is -2.26. The van der Waals surface area contributed by atoms with E-state index in [-0.39, 0.29) is 23.7 Å². The maximum atomic E-state index is 12.5. The predicted octanol–water partition coefficient (Wildman–Crippen LogP) is 1.45. The molecule has 2 heterocycles. The third kappa shape index (κ3) is 3.97. The van der Waals surface area contributed by atoms with E-state index >= 15 is 0 Å². The normalized spacial score (nSPS) is 19.8. The first-order valence-corrected chi connectivity index (χ1v) is 10.3. The Labute approximate surface area is 164 Å². The first-order valence-electron chi connectivity index (χ1n) is 9.30. The summed E-state index contributed by atoms with van der Waals surface area (Å²) >= 11 is 1.48. The minimum Gasteiger partial charge on any atom is -0.393 e. The lowest BCUT2D eigenvalue weighted by Crippen LogP contribution is -2.27. The van der Waals surface area contributed by atoms with Crippen LogP contribution in [0, 0.1) is 0 Å². The van der Waals surface area contributed by atoms with E-state index in [4.69, 9.17) is 0 Å². The lowest BCUT2D eigenvalue weighted by atomic mass is 9.93. The van der Waals surface area contributed by atoms with Crippen LogP contribution in [0.15, 0.2) is 34.5 Å². The van der Waals surface area contributed by atoms with E-state index in [9.17, 15) is 14.7 Å². The summed E-state index contributed by atoms with van der Waals surface area (Å²) in [5, 5.41) is 19.8. The predicted molar refractivity (Wildman–Crippen MR) is 106 cm³/mol. The molecule has 2 aromatic heterocycles. The third-order valence-electron chi connectivity index (χ3n) is 5.03. The molecular weight excluding hydrogens is 380 g/mol. The summed E-state index contributed by atoms with van der Waals surface area (Å²) in [5.74, 6) is 0.485. The number of amides is 1. The van der Waals surface area contributed by atoms with Gasteiger partial charge in [0.1, 0.15) is 6.33 Å². The highest BCUT2D eigenvalue weighted by Gasteiger charge is 2.24. The molecular formula is C18H22N6O3S. The number of aliphatic hydroxyl groups excluding tert-OH is 1. The van der Waals surface area contributed by atoms with Gasteiger partial charge in [0.2, 0.25) is 0 Å². The quantitative estimate of drug-likeness (QED) is 0.365. The fourth-order valence-corrected chi connectivity index (χ4v) is 4.27. The molecule has 0 atom stereocenters. The van der Waals surface area contributed by atoms with Crippen LogP contribution in [0.2, 0.25) is 0 Å². The van der Waals surface area contributed by atoms with Gasteiger partial charge in [0.05, 0.1) is 17.1 Å². The molecule has 1 aromatic carbocycles. The number of rotatable bonds is 6. The van der Waals surface area contributed by atoms with Crippen molar-refractivity contribution in [3.63, 3.8) is 0 Å². The third-order valence-corrected chi connectivity index (χ3v) is 5.91. The van der Waals surface area contributed by atoms with Gasteiger partial charge in [-0.15, -0.1) is 0 Å². The van der Waals surface area contributed by atoms with Crippen LogP contribution >= 0.6 is 11.8 Å². The van der Waals surface area contributed by atoms with Crippen molar-refractivity contribution in [1.29, 1.82) is 0 Å². The van der Waals surface area contributed by atoms with Crippen LogP contribution in [0.1, 0.15) is 42.1 Å². The van der Waals surface area contributed by atoms with E-state index in [2.05, 4.69) is 25.5 Å². The van der Waals surface area contributed by atoms with Crippen LogP contribution in [0.4, 0.5) is 0 Å². The van der Waals surface area contributed by atoms with Crippen molar-refractivity contribution >= 4 is 28.7 Å². The summed E-state index contributed by atoms with van der Waals surface area (Å²) in [6.07, 6.45) is 4.14. The molecule has 0 aliphatic heterocycles. The molecule has 0 radical (unpaired) electrons. The molecule has 9 nitrogen and oxygen atoms in total. The second-order valence-corrected chi connectivity index (χ2v) is 7.97. The SMILES string of the molecule is O=C(NCCSc1ncn[nH]1)c1ccc2c(c1)[nH]c(=O)n2C1CCC(O)CC1. The number of carbonyl (C=O) groups is 1. The Kier molecular flexibility index (Phi) is 5.49. The molecule has 1 saturated carbocycles. The standard InChI is InChI=1S/C18H22N6O3S/c25-13-4-2-12(3-5-13)24-15-6-1-11(9-14(15)22-18(24)27)16(26)19-7-8-28-17-20-10-21-23-17/h1,6,9-10,12-13,25H,2-5,7-8H2,(H,19,26)(H,22,27)(H,20,21,23). The molecule has 4 N–H and O–H groups in total. The maximum Gasteiger partial charge on any atom is 0.326 e. The number of hydrogen-bond acceptors (Lipinski definition) is 6. The summed E-state index contributed by atoms with van der Waals surface area (Å²) < 4.78 is 1.76. The zero-order valence-electron chi connectivity index (χ0n) is 15.2. The Morgan fingerprint density at radius 3 is 2.89 bits per heavy atom. The number of aromatic nitrogens is 5. The summed E-state index contributed by atoms with van der Waals surface area (Å²) in [6, 6.07) is 5.35. The van der Waals surface area contributed by atoms with E-state index in [0.29, 0.717) is 41.4 Å². The van der Waals surface area contributed by atoms with Crippen molar-refractivity contribution in [3.8, 4) is 0 Å². The molecule has 1 fully saturated rings. The van der Waals surface area contributed by atoms with Crippen LogP contribution in [-0.4, -0.2) is 54.1 Å². The van der Waals surface area contributed by atoms with Crippen LogP contribution in [0.25, 0.3) is 11.0 Å². The highest BCUT2D eigenvalue weighted by atomic mass is 32.2. The van der Waals surface area contributed by atoms with Gasteiger partial charge in [-0.05, 0) is 43.9 Å². The molecule has 1 aliphatic carbocycles. The molecule has 4 rings (SSSR count). The fraction of sp³-hybridized carbons (Fsp3) is 0.444. The topological polar surface area (TPSA) is 129 Å². The number of nitrogens with zero attached hydrogens (tertiary/aromatic N) is 3. The first kappa shape index (κ1) is 18.8. The van der Waals surface area contributed by atoms with Crippen molar-refractivity contribution in [1.82, 2.24) is 30.0 Å². The van der Waals surface area contributed by atoms with Gasteiger partial charge >= 0.3 is 5.69 Å². The molecule has 1 amide bonds. The number of aromatic amines is 2. The number of imidazole rings is 1. The van der Waals surface area contributed by atoms with Crippen LogP contribution in [-0.2, 0) is 0 Å². The summed E-state index contributed by atoms with van der Waals surface area (Å²) in [6.45, 7) is 0.490. The maximum absolute atomic E-state index is 12.5. The van der Waals surface area contributed by atoms with Gasteiger partial charge < -0.3 is 15.4 Å². The van der Waals surface area contributed by atoms with Gasteiger partial charge in [-0.1, -0.05) is 11.8 Å². The Hall–Kier alpha value is -2.59. The number of aliphatic hydroxyl groups is 1. The number of nitrogens with one attached hydrogen (secondary N) is 3. The second kappa shape index (κ2) is 8.19. The Balaban J connectivity index is 1.43. The zero-order valence-corrected chi connectivity index (χ0v) is 16.0. The van der Waals surface area contributed by atoms with Crippen molar-refractivity contribution in [3.05, 3.63) is 40.6 Å². The highest BCUT2D eigenvalue weighted by molar-refractivity contribution is 7.99. The molecule has 0 unspecified atom stereocenters. The Bertz CT molecular complexity index is 1000. The van der Waals surface area contributed by atoms with E-state index in [0.717, 1.165) is 18.4 Å². The van der Waals surface area contributed by atoms with E-state index < -0.39 is 0 Å². The van der Waals surface area contributed by atoms with Crippen molar-refractivity contribution < 1.29 is 9.90 Å². The zero-order chi connectivity index (χ0) is 19.5. The molecule has 0 spiro atoms. The number of hydrogen-bond donors (Lipinski definition) is 4. The Morgan fingerprint density at radius 2 is 2.14 bits per heavy atom. The van der Waals surface area contributed by atoms with E-state index in [1.54, 1.807) is 16.7 Å². The average Bonchev–Trinajstić information content (AvgIpc) is 3.32. The molecule has 28 heavy (non-hydrogen) atoms. The number of fused-ring (bicyclic) bond motifs is 1. The van der Waals surface area contributed by atoms with Crippen molar-refractivity contribution in [2.45, 2.75) is 43.0 Å². The fourth-order valence-electron chi connectivity index (χ4n) is 3.63. The minimum atomic E-state index is -0.269. The van der Waals surface area contributed by atoms with Crippen LogP contribution in [0.5, 0.6) is 0 Å². The molecule has 1 aliphatic rings. The second-order valence-electron chi connectivity index (χ2n) is 6.89. The smallest absolute Gasteiger partial charge is 0.326 e. The van der Waals surface area contributed by atoms with E-state index in [1.807, 2.05) is 6.07 Å². The van der Waals surface area contributed by atoms with E-state index in [1.165, 1.54) is 18.1 Å². The number of H-pyrrole nitrogens is 2. The van der Waals surface area contributed by atoms with Gasteiger partial charge in [-0.3, -0.25) is 14.5 Å². The molecule has 0 saturated heterocycles. The van der Waals surface area contributed by atoms with Gasteiger partial charge in [-0.2, -0.15) is 5.10 Å². The monoisotopic (exact) mass is 402 g/mol. The largest absolute Gasteiger partial charge is 0.393 e. The van der Waals surface area contributed by atoms with Gasteiger partial charge in [0.25, 0.3) is 5.91 Å². The van der Waals surface area contributed by atoms with Gasteiger partial charge in [-0.25, -0.2) is 9.78 Å². The van der Waals surface area contributed by atoms with Crippen molar-refractivity contribution in [2.75, 3.05) is 12.3 Å². The van der Waals surface area contributed by atoms with Gasteiger partial charge in [0, 0.05) is 23.9 Å². The minimum absolute atomic E-state index is 0.0810. The average molecular weight is 402 g/mol. The molecule has 148 valence electrons. The number of benzene rings is 1. The summed E-state index contributed by atoms with van der Waals surface area (Å²) in [7, 11) is 0. The van der Waals surface area contributed by atoms with Crippen LogP contribution in [0.3, 0.4) is 0 Å². The first-order chi connectivity index (χ1) is 13.6. The number of thioether (sulfide) groups is 1. The van der Waals surface area contributed by atoms with Crippen molar-refractivity contribution in [2.24, 2.45) is 0 Å². The summed E-state index contributed by atoms with van der Waals surface area (Å²) in [4.78, 5) is 31.7. The Morgan fingerprint density at radius 1 is 1.32 bits per heavy atom. The molecule has 10 heteroatoms. The number of carbonyl (C=O) groups excluding carboxylic acids is 1. The van der Waals surface area contributed by atoms with Crippen LogP contribution < -0.4 is 11.0 Å². The summed E-state index contributed by atoms with van der Waals surface area (Å²) in [5.41, 5.74) is 1.78. The molecule has 3 aromatic rings. The molecule has 0 bridgehead atoms. The van der Waals surface area contributed by atoms with Gasteiger partial charge in [0.15, 0.2) is 5.16 Å². The highest BCUT2D eigenvalue weighted by Crippen LogP contribution is 2.29.